The van der Waals surface area contributed by atoms with Crippen LogP contribution in [-0.2, 0) is 5.41 Å². The lowest BCUT2D eigenvalue weighted by Crippen LogP contribution is -2.36. The van der Waals surface area contributed by atoms with Crippen LogP contribution in [0.15, 0.2) is 186 Å². The van der Waals surface area contributed by atoms with Crippen LogP contribution >= 0.6 is 0 Å². The number of nitrogens with one attached hydrogen (secondary N) is 1. The van der Waals surface area contributed by atoms with Gasteiger partial charge in [-0.25, -0.2) is 9.98 Å². The van der Waals surface area contributed by atoms with Crippen molar-refractivity contribution in [1.82, 2.24) is 10.3 Å². The van der Waals surface area contributed by atoms with Gasteiger partial charge in [0, 0.05) is 44.4 Å². The van der Waals surface area contributed by atoms with Crippen LogP contribution in [0, 0.1) is 5.92 Å². The molecule has 4 nitrogen and oxygen atoms in total. The van der Waals surface area contributed by atoms with Gasteiger partial charge in [0.2, 0.25) is 0 Å². The molecule has 53 heavy (non-hydrogen) atoms. The van der Waals surface area contributed by atoms with Crippen molar-refractivity contribution in [2.75, 3.05) is 0 Å². The van der Waals surface area contributed by atoms with E-state index in [0.29, 0.717) is 0 Å². The summed E-state index contributed by atoms with van der Waals surface area (Å²) in [6.07, 6.45) is 13.2. The van der Waals surface area contributed by atoms with Crippen LogP contribution in [-0.4, -0.2) is 16.7 Å². The Hall–Kier alpha value is -6.65. The van der Waals surface area contributed by atoms with Gasteiger partial charge in [0.15, 0.2) is 6.17 Å². The van der Waals surface area contributed by atoms with E-state index in [9.17, 15) is 0 Å². The Labute approximate surface area is 309 Å². The number of rotatable bonds is 5. The first-order valence-electron chi connectivity index (χ1n) is 18.3. The van der Waals surface area contributed by atoms with Crippen LogP contribution in [0.5, 0.6) is 0 Å². The van der Waals surface area contributed by atoms with Gasteiger partial charge in [0.05, 0.1) is 11.2 Å². The molecule has 0 saturated heterocycles. The molecule has 252 valence electrons. The molecule has 3 unspecified atom stereocenters. The minimum atomic E-state index is -0.398. The van der Waals surface area contributed by atoms with Crippen LogP contribution < -0.4 is 5.32 Å². The van der Waals surface area contributed by atoms with E-state index in [4.69, 9.17) is 15.0 Å². The molecule has 2 aliphatic carbocycles. The van der Waals surface area contributed by atoms with Crippen LogP contribution in [0.2, 0.25) is 0 Å². The molecule has 1 aliphatic heterocycles. The standard InChI is InChI=1S/C49H36N4/c1-49-30-11-10-20-39(49)27-29-42-43(41-28-26-33-15-8-9-21-40(33)44(41)50-45(42)49)34-22-24-36(25-23-34)47-51-46(35-16-6-3-7-17-35)52-48(53-47)38-19-12-18-37(31-38)32-13-4-2-5-14-32/h2-31,39,48H,1H3,(H,51,52,53). The zero-order chi connectivity index (χ0) is 35.4. The molecule has 3 aliphatic rings. The van der Waals surface area contributed by atoms with Crippen molar-refractivity contribution in [2.45, 2.75) is 18.5 Å². The first kappa shape index (κ1) is 31.1. The molecule has 10 rings (SSSR count). The molecule has 0 bridgehead atoms. The van der Waals surface area contributed by atoms with Gasteiger partial charge in [-0.15, -0.1) is 0 Å². The number of benzene rings is 6. The van der Waals surface area contributed by atoms with Crippen LogP contribution in [0.1, 0.15) is 41.0 Å². The van der Waals surface area contributed by atoms with Crippen molar-refractivity contribution in [3.05, 3.63) is 204 Å². The first-order valence-corrected chi connectivity index (χ1v) is 18.3. The van der Waals surface area contributed by atoms with E-state index >= 15 is 0 Å². The van der Waals surface area contributed by atoms with Gasteiger partial charge >= 0.3 is 0 Å². The van der Waals surface area contributed by atoms with E-state index in [1.807, 2.05) is 24.3 Å². The third-order valence-electron chi connectivity index (χ3n) is 11.0. The summed E-state index contributed by atoms with van der Waals surface area (Å²) in [7, 11) is 0. The van der Waals surface area contributed by atoms with Gasteiger partial charge in [0.1, 0.15) is 11.7 Å². The lowest BCUT2D eigenvalue weighted by Gasteiger charge is -2.38. The Kier molecular flexibility index (Phi) is 7.36. The molecule has 0 spiro atoms. The highest BCUT2D eigenvalue weighted by Gasteiger charge is 2.39. The Bertz CT molecular complexity index is 2700. The number of nitrogens with zero attached hydrogens (tertiary/aromatic N) is 3. The SMILES string of the molecule is CC12C=CC=CC1C=Cc1c2nc2c(ccc3ccccc32)c1-c1ccc(C2=NC(c3cccc(-c4ccccc4)c3)N=C(c3ccccc3)N2)cc1. The molecule has 3 atom stereocenters. The summed E-state index contributed by atoms with van der Waals surface area (Å²) in [4.78, 5) is 15.9. The maximum atomic E-state index is 5.50. The van der Waals surface area contributed by atoms with E-state index in [1.165, 1.54) is 27.5 Å². The smallest absolute Gasteiger partial charge is 0.169 e. The molecule has 1 N–H and O–H groups in total. The number of hydrogen-bond donors (Lipinski definition) is 1. The number of fused-ring (bicyclic) bond motifs is 6. The highest BCUT2D eigenvalue weighted by atomic mass is 15.2. The van der Waals surface area contributed by atoms with Crippen molar-refractivity contribution in [3.8, 4) is 22.3 Å². The quantitative estimate of drug-likeness (QED) is 0.184. The van der Waals surface area contributed by atoms with Crippen molar-refractivity contribution in [1.29, 1.82) is 0 Å². The van der Waals surface area contributed by atoms with Crippen LogP contribution in [0.25, 0.3) is 50.0 Å². The van der Waals surface area contributed by atoms with Gasteiger partial charge in [-0.3, -0.25) is 4.98 Å². The highest BCUT2D eigenvalue weighted by molar-refractivity contribution is 6.16. The van der Waals surface area contributed by atoms with Gasteiger partial charge in [-0.05, 0) is 40.6 Å². The third kappa shape index (κ3) is 5.34. The number of hydrogen-bond acceptors (Lipinski definition) is 4. The zero-order valence-corrected chi connectivity index (χ0v) is 29.3. The minimum absolute atomic E-state index is 0.237. The maximum Gasteiger partial charge on any atom is 0.169 e. The largest absolute Gasteiger partial charge is 0.324 e. The summed E-state index contributed by atoms with van der Waals surface area (Å²) >= 11 is 0. The van der Waals surface area contributed by atoms with E-state index in [1.54, 1.807) is 0 Å². The van der Waals surface area contributed by atoms with Gasteiger partial charge in [0.25, 0.3) is 0 Å². The summed E-state index contributed by atoms with van der Waals surface area (Å²) < 4.78 is 0. The lowest BCUT2D eigenvalue weighted by atomic mass is 9.66. The molecule has 1 aromatic heterocycles. The van der Waals surface area contributed by atoms with E-state index < -0.39 is 6.17 Å². The van der Waals surface area contributed by atoms with Gasteiger partial charge < -0.3 is 5.32 Å². The van der Waals surface area contributed by atoms with E-state index in [-0.39, 0.29) is 11.3 Å². The number of amidine groups is 2. The van der Waals surface area contributed by atoms with Crippen LogP contribution in [0.4, 0.5) is 0 Å². The normalized spacial score (nSPS) is 20.0. The maximum absolute atomic E-state index is 5.50. The number of pyridine rings is 1. The Morgan fingerprint density at radius 2 is 1.25 bits per heavy atom. The van der Waals surface area contributed by atoms with E-state index in [2.05, 4.69) is 170 Å². The molecule has 4 heteroatoms. The highest BCUT2D eigenvalue weighted by Crippen LogP contribution is 2.48. The molecular formula is C49H36N4. The van der Waals surface area contributed by atoms with Crippen molar-refractivity contribution in [3.63, 3.8) is 0 Å². The summed E-state index contributed by atoms with van der Waals surface area (Å²) in [5.41, 5.74) is 10.9. The predicted octanol–water partition coefficient (Wildman–Crippen LogP) is 11.2. The molecule has 0 radical (unpaired) electrons. The minimum Gasteiger partial charge on any atom is -0.324 e. The molecule has 0 fully saturated rings. The lowest BCUT2D eigenvalue weighted by molar-refractivity contribution is 0.480. The Morgan fingerprint density at radius 3 is 2.04 bits per heavy atom. The predicted molar refractivity (Wildman–Crippen MR) is 220 cm³/mol. The fourth-order valence-electron chi connectivity index (χ4n) is 8.14. The molecular weight excluding hydrogens is 645 g/mol. The second kappa shape index (κ2) is 12.5. The average molecular weight is 681 g/mol. The fraction of sp³-hybridized carbons (Fsp3) is 0.0816. The second-order valence-corrected chi connectivity index (χ2v) is 14.2. The first-order chi connectivity index (χ1) is 26.1. The number of aliphatic imine (C=N–C) groups is 2. The van der Waals surface area contributed by atoms with Crippen molar-refractivity contribution >= 4 is 39.4 Å². The molecule has 0 saturated carbocycles. The Morgan fingerprint density at radius 1 is 0.566 bits per heavy atom. The summed E-state index contributed by atoms with van der Waals surface area (Å²) in [6, 6.07) is 51.2. The van der Waals surface area contributed by atoms with E-state index in [0.717, 1.165) is 56.1 Å². The molecule has 0 amide bonds. The number of aromatic nitrogens is 1. The number of allylic oxidation sites excluding steroid dienone is 5. The molecule has 7 aromatic rings. The molecule has 6 aromatic carbocycles. The fourth-order valence-corrected chi connectivity index (χ4v) is 8.14. The zero-order valence-electron chi connectivity index (χ0n) is 29.3. The average Bonchev–Trinajstić information content (AvgIpc) is 3.23. The second-order valence-electron chi connectivity index (χ2n) is 14.2. The van der Waals surface area contributed by atoms with Crippen molar-refractivity contribution < 1.29 is 0 Å². The summed E-state index contributed by atoms with van der Waals surface area (Å²) in [6.45, 7) is 2.32. The Balaban J connectivity index is 1.10. The topological polar surface area (TPSA) is 49.6 Å². The van der Waals surface area contributed by atoms with Crippen LogP contribution in [0.3, 0.4) is 0 Å². The van der Waals surface area contributed by atoms with Crippen molar-refractivity contribution in [2.24, 2.45) is 15.9 Å². The third-order valence-corrected chi connectivity index (χ3v) is 11.0. The summed E-state index contributed by atoms with van der Waals surface area (Å²) in [5.74, 6) is 1.85. The van der Waals surface area contributed by atoms with Gasteiger partial charge in [-0.2, -0.15) is 0 Å². The van der Waals surface area contributed by atoms with Gasteiger partial charge in [-0.1, -0.05) is 176 Å². The summed E-state index contributed by atoms with van der Waals surface area (Å²) in [5, 5.41) is 7.12. The molecule has 2 heterocycles. The monoisotopic (exact) mass is 680 g/mol.